The van der Waals surface area contributed by atoms with Crippen LogP contribution in [0.4, 0.5) is 5.82 Å². The maximum Gasteiger partial charge on any atom is 0.241 e. The number of anilines is 1. The molecule has 3 rings (SSSR count). The van der Waals surface area contributed by atoms with Crippen molar-refractivity contribution in [3.8, 4) is 16.9 Å². The quantitative estimate of drug-likeness (QED) is 0.430. The molecule has 0 saturated heterocycles. The van der Waals surface area contributed by atoms with Crippen LogP contribution in [0, 0.1) is 6.92 Å². The highest BCUT2D eigenvalue weighted by Crippen LogP contribution is 2.28. The van der Waals surface area contributed by atoms with Gasteiger partial charge in [0.15, 0.2) is 0 Å². The molecule has 3 aromatic rings. The average molecular weight is 457 g/mol. The molecule has 0 aliphatic rings. The number of aryl methyl sites for hydroxylation is 1. The fourth-order valence-corrected chi connectivity index (χ4v) is 4.90. The molecule has 0 spiro atoms. The van der Waals surface area contributed by atoms with Crippen LogP contribution in [0.25, 0.3) is 11.1 Å². The van der Waals surface area contributed by atoms with E-state index in [0.29, 0.717) is 40.3 Å². The Morgan fingerprint density at radius 1 is 1.03 bits per heavy atom. The third-order valence-electron chi connectivity index (χ3n) is 4.74. The minimum absolute atomic E-state index is 0.0169. The van der Waals surface area contributed by atoms with Gasteiger partial charge in [0.05, 0.1) is 17.2 Å². The summed E-state index contributed by atoms with van der Waals surface area (Å²) in [4.78, 5) is 8.70. The first kappa shape index (κ1) is 23.6. The zero-order valence-corrected chi connectivity index (χ0v) is 19.4. The van der Waals surface area contributed by atoms with Crippen LogP contribution in [0.15, 0.2) is 53.7 Å². The number of rotatable bonds is 7. The second-order valence-corrected chi connectivity index (χ2v) is 10.1. The number of benzene rings is 1. The summed E-state index contributed by atoms with van der Waals surface area (Å²) in [5, 5.41) is 22.8. The van der Waals surface area contributed by atoms with Crippen LogP contribution < -0.4 is 10.0 Å². The van der Waals surface area contributed by atoms with Crippen LogP contribution in [0.2, 0.25) is 0 Å². The van der Waals surface area contributed by atoms with Crippen molar-refractivity contribution in [1.82, 2.24) is 14.7 Å². The lowest BCUT2D eigenvalue weighted by atomic mass is 10.1. The van der Waals surface area contributed by atoms with E-state index in [2.05, 4.69) is 20.0 Å². The molecule has 2 heterocycles. The van der Waals surface area contributed by atoms with Crippen molar-refractivity contribution >= 4 is 15.8 Å². The van der Waals surface area contributed by atoms with Crippen LogP contribution >= 0.6 is 0 Å². The number of hydrogen-bond donors (Lipinski definition) is 4. The zero-order valence-electron chi connectivity index (χ0n) is 18.5. The summed E-state index contributed by atoms with van der Waals surface area (Å²) >= 11 is 0. The van der Waals surface area contributed by atoms with Gasteiger partial charge in [-0.3, -0.25) is 4.98 Å². The predicted molar refractivity (Wildman–Crippen MR) is 124 cm³/mol. The molecule has 0 fully saturated rings. The zero-order chi connectivity index (χ0) is 23.5. The minimum Gasteiger partial charge on any atom is -0.506 e. The standard InChI is InChI=1S/C23H28N4O4S/c1-15-22(29)19(14-28)17(12-24-15)13-26-21-10-9-16(11-25-21)18-7-5-6-8-20(18)32(30,31)27-23(2,3)4/h5-12,27-29H,13-14H2,1-4H3,(H,25,26). The van der Waals surface area contributed by atoms with Gasteiger partial charge in [-0.1, -0.05) is 18.2 Å². The second-order valence-electron chi connectivity index (χ2n) is 8.49. The lowest BCUT2D eigenvalue weighted by Gasteiger charge is -2.21. The predicted octanol–water partition coefficient (Wildman–Crippen LogP) is 3.34. The molecule has 0 bridgehead atoms. The van der Waals surface area contributed by atoms with E-state index in [-0.39, 0.29) is 17.3 Å². The van der Waals surface area contributed by atoms with E-state index >= 15 is 0 Å². The summed E-state index contributed by atoms with van der Waals surface area (Å²) in [6.45, 7) is 7.05. The van der Waals surface area contributed by atoms with Crippen molar-refractivity contribution in [3.63, 3.8) is 0 Å². The normalized spacial score (nSPS) is 12.0. The van der Waals surface area contributed by atoms with E-state index in [4.69, 9.17) is 0 Å². The van der Waals surface area contributed by atoms with Gasteiger partial charge in [0.25, 0.3) is 0 Å². The Labute approximate surface area is 188 Å². The minimum atomic E-state index is -3.72. The van der Waals surface area contributed by atoms with Gasteiger partial charge >= 0.3 is 0 Å². The highest BCUT2D eigenvalue weighted by Gasteiger charge is 2.24. The first-order chi connectivity index (χ1) is 15.0. The summed E-state index contributed by atoms with van der Waals surface area (Å²) < 4.78 is 28.5. The molecule has 32 heavy (non-hydrogen) atoms. The van der Waals surface area contributed by atoms with E-state index in [1.807, 2.05) is 0 Å². The van der Waals surface area contributed by atoms with E-state index in [1.54, 1.807) is 76.5 Å². The molecule has 0 radical (unpaired) electrons. The smallest absolute Gasteiger partial charge is 0.241 e. The largest absolute Gasteiger partial charge is 0.506 e. The van der Waals surface area contributed by atoms with Crippen LogP contribution in [0.3, 0.4) is 0 Å². The fourth-order valence-electron chi connectivity index (χ4n) is 3.25. The Bertz CT molecular complexity index is 1200. The number of aromatic nitrogens is 2. The van der Waals surface area contributed by atoms with E-state index in [0.717, 1.165) is 0 Å². The van der Waals surface area contributed by atoms with Gasteiger partial charge in [-0.25, -0.2) is 18.1 Å². The maximum absolute atomic E-state index is 12.9. The van der Waals surface area contributed by atoms with Crippen LogP contribution in [-0.2, 0) is 23.2 Å². The molecule has 0 atom stereocenters. The molecule has 8 nitrogen and oxygen atoms in total. The number of nitrogens with zero attached hydrogens (tertiary/aromatic N) is 2. The Balaban J connectivity index is 1.83. The lowest BCUT2D eigenvalue weighted by Crippen LogP contribution is -2.40. The summed E-state index contributed by atoms with van der Waals surface area (Å²) in [6, 6.07) is 10.3. The van der Waals surface area contributed by atoms with Crippen molar-refractivity contribution < 1.29 is 18.6 Å². The highest BCUT2D eigenvalue weighted by atomic mass is 32.2. The molecule has 0 unspecified atom stereocenters. The topological polar surface area (TPSA) is 124 Å². The number of aliphatic hydroxyl groups is 1. The number of sulfonamides is 1. The molecule has 0 aliphatic carbocycles. The van der Waals surface area contributed by atoms with Gasteiger partial charge in [0.1, 0.15) is 11.6 Å². The van der Waals surface area contributed by atoms with Crippen molar-refractivity contribution in [1.29, 1.82) is 0 Å². The van der Waals surface area contributed by atoms with Gasteiger partial charge in [-0.2, -0.15) is 0 Å². The van der Waals surface area contributed by atoms with Gasteiger partial charge in [-0.05, 0) is 51.5 Å². The van der Waals surface area contributed by atoms with Crippen LogP contribution in [0.5, 0.6) is 5.75 Å². The highest BCUT2D eigenvalue weighted by molar-refractivity contribution is 7.89. The molecule has 0 saturated carbocycles. The molecule has 0 aliphatic heterocycles. The third-order valence-corrected chi connectivity index (χ3v) is 6.56. The molecule has 170 valence electrons. The molecule has 2 aromatic heterocycles. The molecular formula is C23H28N4O4S. The Morgan fingerprint density at radius 2 is 1.75 bits per heavy atom. The molecule has 4 N–H and O–H groups in total. The summed E-state index contributed by atoms with van der Waals surface area (Å²) in [6.07, 6.45) is 3.21. The number of aromatic hydroxyl groups is 1. The Morgan fingerprint density at radius 3 is 2.38 bits per heavy atom. The fraction of sp³-hybridized carbons (Fsp3) is 0.304. The third kappa shape index (κ3) is 5.42. The van der Waals surface area contributed by atoms with E-state index in [9.17, 15) is 18.6 Å². The maximum atomic E-state index is 12.9. The van der Waals surface area contributed by atoms with Gasteiger partial charge in [0, 0.05) is 41.2 Å². The molecule has 0 amide bonds. The first-order valence-corrected chi connectivity index (χ1v) is 11.6. The summed E-state index contributed by atoms with van der Waals surface area (Å²) in [5.41, 5.74) is 2.15. The van der Waals surface area contributed by atoms with Crippen molar-refractivity contribution in [2.24, 2.45) is 0 Å². The van der Waals surface area contributed by atoms with Gasteiger partial charge in [0.2, 0.25) is 10.0 Å². The number of nitrogens with one attached hydrogen (secondary N) is 2. The molecular weight excluding hydrogens is 428 g/mol. The average Bonchev–Trinajstić information content (AvgIpc) is 2.73. The monoisotopic (exact) mass is 456 g/mol. The number of aliphatic hydroxyl groups excluding tert-OH is 1. The number of pyridine rings is 2. The van der Waals surface area contributed by atoms with Crippen molar-refractivity contribution in [3.05, 3.63) is 65.6 Å². The van der Waals surface area contributed by atoms with E-state index in [1.165, 1.54) is 0 Å². The SMILES string of the molecule is Cc1ncc(CNc2ccc(-c3ccccc3S(=O)(=O)NC(C)(C)C)cn2)c(CO)c1O. The van der Waals surface area contributed by atoms with Gasteiger partial charge < -0.3 is 15.5 Å². The van der Waals surface area contributed by atoms with Crippen LogP contribution in [0.1, 0.15) is 37.6 Å². The summed E-state index contributed by atoms with van der Waals surface area (Å²) in [7, 11) is -3.72. The number of hydrogen-bond acceptors (Lipinski definition) is 7. The lowest BCUT2D eigenvalue weighted by molar-refractivity contribution is 0.273. The Hall–Kier alpha value is -3.01. The van der Waals surface area contributed by atoms with Gasteiger partial charge in [-0.15, -0.1) is 0 Å². The first-order valence-electron chi connectivity index (χ1n) is 10.1. The Kier molecular flexibility index (Phi) is 6.82. The van der Waals surface area contributed by atoms with Crippen molar-refractivity contribution in [2.75, 3.05) is 5.32 Å². The molecule has 9 heteroatoms. The van der Waals surface area contributed by atoms with E-state index < -0.39 is 15.6 Å². The summed E-state index contributed by atoms with van der Waals surface area (Å²) in [5.74, 6) is 0.544. The molecule has 1 aromatic carbocycles. The van der Waals surface area contributed by atoms with Crippen molar-refractivity contribution in [2.45, 2.75) is 51.3 Å². The van der Waals surface area contributed by atoms with Crippen LogP contribution in [-0.4, -0.2) is 34.1 Å². The second kappa shape index (κ2) is 9.23.